The molecule has 0 aliphatic heterocycles. The largest absolute Gasteiger partial charge is 0.465 e. The van der Waals surface area contributed by atoms with E-state index in [-0.39, 0.29) is 29.7 Å². The lowest BCUT2D eigenvalue weighted by Gasteiger charge is -2.26. The van der Waals surface area contributed by atoms with Gasteiger partial charge in [-0.3, -0.25) is 9.59 Å². The summed E-state index contributed by atoms with van der Waals surface area (Å²) in [4.78, 5) is 24.2. The molecule has 0 aromatic carbocycles. The fourth-order valence-electron chi connectivity index (χ4n) is 3.72. The molecule has 0 unspecified atom stereocenters. The Labute approximate surface area is 146 Å². The van der Waals surface area contributed by atoms with Gasteiger partial charge in [-0.2, -0.15) is 0 Å². The Kier molecular flexibility index (Phi) is 7.57. The number of hydrogen-bond donors (Lipinski definition) is 0. The maximum Gasteiger partial charge on any atom is 0.308 e. The number of esters is 2. The lowest BCUT2D eigenvalue weighted by atomic mass is 9.83. The second-order valence-corrected chi connectivity index (χ2v) is 8.28. The zero-order valence-corrected chi connectivity index (χ0v) is 15.6. The third-order valence-corrected chi connectivity index (χ3v) is 5.72. The Morgan fingerprint density at radius 2 is 1.08 bits per heavy atom. The molecule has 0 aromatic rings. The van der Waals surface area contributed by atoms with Crippen molar-refractivity contribution >= 4 is 11.9 Å². The van der Waals surface area contributed by atoms with Gasteiger partial charge in [-0.1, -0.05) is 20.8 Å². The molecule has 2 aliphatic rings. The Morgan fingerprint density at radius 3 is 1.42 bits per heavy atom. The van der Waals surface area contributed by atoms with Gasteiger partial charge in [0, 0.05) is 5.92 Å². The van der Waals surface area contributed by atoms with Gasteiger partial charge in [0.2, 0.25) is 0 Å². The van der Waals surface area contributed by atoms with Crippen LogP contribution in [0.15, 0.2) is 0 Å². The van der Waals surface area contributed by atoms with Crippen molar-refractivity contribution in [3.05, 3.63) is 0 Å². The van der Waals surface area contributed by atoms with Crippen LogP contribution < -0.4 is 0 Å². The zero-order valence-electron chi connectivity index (χ0n) is 15.6. The molecule has 2 saturated carbocycles. The molecule has 0 spiro atoms. The molecule has 0 atom stereocenters. The summed E-state index contributed by atoms with van der Waals surface area (Å²) < 4.78 is 10.9. The van der Waals surface area contributed by atoms with Crippen molar-refractivity contribution in [3.8, 4) is 0 Å². The lowest BCUT2D eigenvalue weighted by molar-refractivity contribution is -0.155. The summed E-state index contributed by atoms with van der Waals surface area (Å²) in [5.41, 5.74) is 0. The maximum atomic E-state index is 12.1. The lowest BCUT2D eigenvalue weighted by Crippen LogP contribution is -2.27. The molecule has 0 N–H and O–H groups in total. The number of ether oxygens (including phenoxy) is 2. The van der Waals surface area contributed by atoms with Gasteiger partial charge in [-0.05, 0) is 63.2 Å². The predicted molar refractivity (Wildman–Crippen MR) is 93.3 cm³/mol. The average Bonchev–Trinajstić information content (AvgIpc) is 2.58. The van der Waals surface area contributed by atoms with E-state index >= 15 is 0 Å². The van der Waals surface area contributed by atoms with Crippen LogP contribution >= 0.6 is 0 Å². The molecule has 0 saturated heterocycles. The van der Waals surface area contributed by atoms with Crippen LogP contribution in [0.3, 0.4) is 0 Å². The fraction of sp³-hybridized carbons (Fsp3) is 0.900. The van der Waals surface area contributed by atoms with Gasteiger partial charge in [0.05, 0.1) is 25.0 Å². The minimum atomic E-state index is -0.0682. The van der Waals surface area contributed by atoms with Crippen molar-refractivity contribution in [1.82, 2.24) is 0 Å². The summed E-state index contributed by atoms with van der Waals surface area (Å²) in [6.07, 6.45) is 8.26. The summed E-state index contributed by atoms with van der Waals surface area (Å²) in [5.74, 6) is 1.52. The number of carbonyl (C=O) groups is 2. The van der Waals surface area contributed by atoms with Crippen molar-refractivity contribution in [2.75, 3.05) is 13.2 Å². The van der Waals surface area contributed by atoms with Gasteiger partial charge in [0.25, 0.3) is 0 Å². The van der Waals surface area contributed by atoms with Crippen molar-refractivity contribution < 1.29 is 19.1 Å². The highest BCUT2D eigenvalue weighted by molar-refractivity contribution is 5.73. The van der Waals surface area contributed by atoms with Crippen molar-refractivity contribution in [3.63, 3.8) is 0 Å². The van der Waals surface area contributed by atoms with E-state index in [4.69, 9.17) is 9.47 Å². The van der Waals surface area contributed by atoms with Crippen LogP contribution in [0, 0.1) is 29.6 Å². The smallest absolute Gasteiger partial charge is 0.308 e. The minimum absolute atomic E-state index is 0.0583. The minimum Gasteiger partial charge on any atom is -0.465 e. The van der Waals surface area contributed by atoms with Gasteiger partial charge in [-0.25, -0.2) is 0 Å². The second-order valence-electron chi connectivity index (χ2n) is 8.28. The molecule has 4 heteroatoms. The van der Waals surface area contributed by atoms with Gasteiger partial charge in [-0.15, -0.1) is 0 Å². The van der Waals surface area contributed by atoms with Gasteiger partial charge < -0.3 is 9.47 Å². The van der Waals surface area contributed by atoms with Crippen LogP contribution in [0.4, 0.5) is 0 Å². The quantitative estimate of drug-likeness (QED) is 0.675. The van der Waals surface area contributed by atoms with Crippen LogP contribution in [0.25, 0.3) is 0 Å². The fourth-order valence-corrected chi connectivity index (χ4v) is 3.72. The number of carbonyl (C=O) groups excluding carboxylic acids is 2. The van der Waals surface area contributed by atoms with Crippen LogP contribution in [0.1, 0.15) is 72.1 Å². The predicted octanol–water partition coefficient (Wildman–Crippen LogP) is 4.36. The molecule has 0 radical (unpaired) electrons. The molecule has 4 nitrogen and oxygen atoms in total. The summed E-state index contributed by atoms with van der Waals surface area (Å²) in [6, 6.07) is 0. The Hall–Kier alpha value is -1.06. The van der Waals surface area contributed by atoms with Gasteiger partial charge >= 0.3 is 11.9 Å². The monoisotopic (exact) mass is 338 g/mol. The first kappa shape index (κ1) is 19.3. The average molecular weight is 338 g/mol. The first-order chi connectivity index (χ1) is 11.5. The summed E-state index contributed by atoms with van der Waals surface area (Å²) in [5, 5.41) is 0. The Bertz CT molecular complexity index is 366. The molecular formula is C20H34O4. The topological polar surface area (TPSA) is 52.6 Å². The summed E-state index contributed by atoms with van der Waals surface area (Å²) in [6.45, 7) is 7.14. The van der Waals surface area contributed by atoms with Gasteiger partial charge in [0.15, 0.2) is 0 Å². The number of rotatable bonds is 6. The molecular weight excluding hydrogens is 304 g/mol. The van der Waals surface area contributed by atoms with Crippen molar-refractivity contribution in [2.24, 2.45) is 29.6 Å². The highest BCUT2D eigenvalue weighted by Gasteiger charge is 2.27. The molecule has 24 heavy (non-hydrogen) atoms. The van der Waals surface area contributed by atoms with E-state index < -0.39 is 0 Å². The number of hydrogen-bond acceptors (Lipinski definition) is 4. The molecule has 0 aromatic heterocycles. The molecule has 138 valence electrons. The Balaban J connectivity index is 1.60. The van der Waals surface area contributed by atoms with E-state index in [1.165, 1.54) is 0 Å². The standard InChI is InChI=1S/C20H34O4/c1-14-4-8-17(9-5-14)19(21)23-12-16(3)13-24-20(22)18-10-6-15(2)7-11-18/h14-18H,4-13H2,1-3H3. The third kappa shape index (κ3) is 6.10. The first-order valence-corrected chi connectivity index (χ1v) is 9.79. The highest BCUT2D eigenvalue weighted by Crippen LogP contribution is 2.30. The SMILES string of the molecule is CC1CCC(C(=O)OCC(C)COC(=O)C2CCC(C)CC2)CC1. The van der Waals surface area contributed by atoms with E-state index in [1.807, 2.05) is 6.92 Å². The van der Waals surface area contributed by atoms with Crippen LogP contribution in [-0.4, -0.2) is 25.2 Å². The summed E-state index contributed by atoms with van der Waals surface area (Å²) in [7, 11) is 0. The van der Waals surface area contributed by atoms with Crippen molar-refractivity contribution in [1.29, 1.82) is 0 Å². The van der Waals surface area contributed by atoms with Crippen molar-refractivity contribution in [2.45, 2.75) is 72.1 Å². The maximum absolute atomic E-state index is 12.1. The summed E-state index contributed by atoms with van der Waals surface area (Å²) >= 11 is 0. The van der Waals surface area contributed by atoms with E-state index in [1.54, 1.807) is 0 Å². The molecule has 2 fully saturated rings. The van der Waals surface area contributed by atoms with E-state index in [9.17, 15) is 9.59 Å². The molecule has 0 heterocycles. The second kappa shape index (κ2) is 9.43. The molecule has 2 rings (SSSR count). The Morgan fingerprint density at radius 1 is 0.750 bits per heavy atom. The highest BCUT2D eigenvalue weighted by atomic mass is 16.5. The molecule has 0 amide bonds. The first-order valence-electron chi connectivity index (χ1n) is 9.79. The van der Waals surface area contributed by atoms with Crippen LogP contribution in [-0.2, 0) is 19.1 Å². The molecule has 0 bridgehead atoms. The van der Waals surface area contributed by atoms with Gasteiger partial charge in [0.1, 0.15) is 0 Å². The van der Waals surface area contributed by atoms with Crippen LogP contribution in [0.5, 0.6) is 0 Å². The van der Waals surface area contributed by atoms with E-state index in [0.29, 0.717) is 13.2 Å². The van der Waals surface area contributed by atoms with E-state index in [2.05, 4.69) is 13.8 Å². The normalized spacial score (nSPS) is 32.0. The molecule has 2 aliphatic carbocycles. The zero-order chi connectivity index (χ0) is 17.5. The third-order valence-electron chi connectivity index (χ3n) is 5.72. The van der Waals surface area contributed by atoms with Crippen LogP contribution in [0.2, 0.25) is 0 Å². The van der Waals surface area contributed by atoms with E-state index in [0.717, 1.165) is 63.2 Å².